The molecule has 0 aliphatic heterocycles. The third-order valence-electron chi connectivity index (χ3n) is 3.44. The molecule has 19 heavy (non-hydrogen) atoms. The molecular weight excluding hydrogens is 252 g/mol. The van der Waals surface area contributed by atoms with Gasteiger partial charge >= 0.3 is 0 Å². The topological polar surface area (TPSA) is 20.2 Å². The first-order chi connectivity index (χ1) is 8.80. The molecule has 1 aromatic heterocycles. The molecule has 0 aliphatic rings. The quantitative estimate of drug-likeness (QED) is 0.838. The van der Waals surface area contributed by atoms with Crippen molar-refractivity contribution in [3.63, 3.8) is 0 Å². The Morgan fingerprint density at radius 2 is 1.68 bits per heavy atom. The number of rotatable bonds is 2. The smallest absolute Gasteiger partial charge is 0.105 e. The largest absolute Gasteiger partial charge is 0.384 e. The molecule has 102 valence electrons. The number of thiophene rings is 1. The summed E-state index contributed by atoms with van der Waals surface area (Å²) in [5, 5.41) is 10.7. The van der Waals surface area contributed by atoms with Crippen LogP contribution in [0.15, 0.2) is 30.3 Å². The van der Waals surface area contributed by atoms with E-state index < -0.39 is 6.10 Å². The van der Waals surface area contributed by atoms with Crippen molar-refractivity contribution in [2.24, 2.45) is 0 Å². The second-order valence-corrected chi connectivity index (χ2v) is 7.57. The summed E-state index contributed by atoms with van der Waals surface area (Å²) in [6.45, 7) is 10.7. The van der Waals surface area contributed by atoms with Gasteiger partial charge in [0.25, 0.3) is 0 Å². The summed E-state index contributed by atoms with van der Waals surface area (Å²) in [6.07, 6.45) is -0.527. The number of hydrogen-bond acceptors (Lipinski definition) is 2. The van der Waals surface area contributed by atoms with Crippen LogP contribution in [0.1, 0.15) is 53.3 Å². The van der Waals surface area contributed by atoms with Gasteiger partial charge in [-0.1, -0.05) is 45.0 Å². The van der Waals surface area contributed by atoms with Gasteiger partial charge in [-0.15, -0.1) is 11.3 Å². The number of aryl methyl sites for hydroxylation is 2. The highest BCUT2D eigenvalue weighted by Gasteiger charge is 2.23. The standard InChI is InChI=1S/C17H22OS/c1-11-10-14(12(2)19-11)16(18)13-8-6-7-9-15(13)17(3,4)5/h6-10,16,18H,1-5H3. The van der Waals surface area contributed by atoms with E-state index in [2.05, 4.69) is 46.8 Å². The highest BCUT2D eigenvalue weighted by atomic mass is 32.1. The summed E-state index contributed by atoms with van der Waals surface area (Å²) < 4.78 is 0. The van der Waals surface area contributed by atoms with Crippen molar-refractivity contribution in [3.05, 3.63) is 56.8 Å². The molecule has 2 aromatic rings. The predicted octanol–water partition coefficient (Wildman–Crippen LogP) is 4.74. The molecule has 0 spiro atoms. The Bertz CT molecular complexity index is 575. The van der Waals surface area contributed by atoms with Crippen LogP contribution in [-0.4, -0.2) is 5.11 Å². The van der Waals surface area contributed by atoms with Crippen LogP contribution in [-0.2, 0) is 5.41 Å². The van der Waals surface area contributed by atoms with Crippen molar-refractivity contribution in [2.45, 2.75) is 46.1 Å². The third kappa shape index (κ3) is 2.90. The molecule has 1 nitrogen and oxygen atoms in total. The van der Waals surface area contributed by atoms with E-state index in [1.54, 1.807) is 11.3 Å². The second kappa shape index (κ2) is 5.10. The zero-order valence-electron chi connectivity index (χ0n) is 12.3. The summed E-state index contributed by atoms with van der Waals surface area (Å²) in [7, 11) is 0. The van der Waals surface area contributed by atoms with E-state index in [1.165, 1.54) is 15.3 Å². The summed E-state index contributed by atoms with van der Waals surface area (Å²) in [6, 6.07) is 10.3. The van der Waals surface area contributed by atoms with Gasteiger partial charge in [0.1, 0.15) is 6.10 Å². The molecule has 0 fully saturated rings. The molecule has 1 N–H and O–H groups in total. The van der Waals surface area contributed by atoms with Gasteiger partial charge in [-0.05, 0) is 42.0 Å². The Morgan fingerprint density at radius 3 is 2.21 bits per heavy atom. The van der Waals surface area contributed by atoms with Crippen LogP contribution >= 0.6 is 11.3 Å². The molecule has 1 unspecified atom stereocenters. The minimum Gasteiger partial charge on any atom is -0.384 e. The average molecular weight is 274 g/mol. The van der Waals surface area contributed by atoms with E-state index in [4.69, 9.17) is 0 Å². The highest BCUT2D eigenvalue weighted by Crippen LogP contribution is 2.35. The lowest BCUT2D eigenvalue weighted by Crippen LogP contribution is -2.16. The Balaban J connectivity index is 2.50. The fraction of sp³-hybridized carbons (Fsp3) is 0.412. The molecule has 0 amide bonds. The first kappa shape index (κ1) is 14.3. The molecule has 1 heterocycles. The molecule has 0 radical (unpaired) electrons. The van der Waals surface area contributed by atoms with E-state index in [1.807, 2.05) is 18.2 Å². The van der Waals surface area contributed by atoms with Crippen molar-refractivity contribution in [3.8, 4) is 0 Å². The van der Waals surface area contributed by atoms with Crippen LogP contribution in [0.4, 0.5) is 0 Å². The van der Waals surface area contributed by atoms with Crippen LogP contribution in [0.5, 0.6) is 0 Å². The van der Waals surface area contributed by atoms with Crippen LogP contribution in [0.3, 0.4) is 0 Å². The van der Waals surface area contributed by atoms with E-state index in [0.717, 1.165) is 11.1 Å². The lowest BCUT2D eigenvalue weighted by molar-refractivity contribution is 0.217. The number of hydrogen-bond donors (Lipinski definition) is 1. The van der Waals surface area contributed by atoms with Gasteiger partial charge in [0.2, 0.25) is 0 Å². The van der Waals surface area contributed by atoms with Crippen LogP contribution in [0.2, 0.25) is 0 Å². The van der Waals surface area contributed by atoms with Crippen molar-refractivity contribution in [1.29, 1.82) is 0 Å². The maximum atomic E-state index is 10.7. The van der Waals surface area contributed by atoms with Gasteiger partial charge in [0.05, 0.1) is 0 Å². The van der Waals surface area contributed by atoms with Gasteiger partial charge in [-0.3, -0.25) is 0 Å². The first-order valence-electron chi connectivity index (χ1n) is 6.65. The van der Waals surface area contributed by atoms with Gasteiger partial charge in [0.15, 0.2) is 0 Å². The number of aliphatic hydroxyl groups excluding tert-OH is 1. The third-order valence-corrected chi connectivity index (χ3v) is 4.42. The highest BCUT2D eigenvalue weighted by molar-refractivity contribution is 7.12. The van der Waals surface area contributed by atoms with Crippen molar-refractivity contribution >= 4 is 11.3 Å². The van der Waals surface area contributed by atoms with Gasteiger partial charge in [-0.25, -0.2) is 0 Å². The predicted molar refractivity (Wildman–Crippen MR) is 83.0 cm³/mol. The van der Waals surface area contributed by atoms with Crippen molar-refractivity contribution in [1.82, 2.24) is 0 Å². The van der Waals surface area contributed by atoms with E-state index in [0.29, 0.717) is 0 Å². The Labute approximate surface area is 119 Å². The van der Waals surface area contributed by atoms with Gasteiger partial charge < -0.3 is 5.11 Å². The molecule has 0 aliphatic carbocycles. The minimum atomic E-state index is -0.527. The van der Waals surface area contributed by atoms with Gasteiger partial charge in [-0.2, -0.15) is 0 Å². The molecule has 0 saturated carbocycles. The maximum Gasteiger partial charge on any atom is 0.105 e. The van der Waals surface area contributed by atoms with E-state index in [-0.39, 0.29) is 5.41 Å². The van der Waals surface area contributed by atoms with Gasteiger partial charge in [0, 0.05) is 9.75 Å². The molecule has 1 aromatic carbocycles. The molecule has 1 atom stereocenters. The summed E-state index contributed by atoms with van der Waals surface area (Å²) in [5.41, 5.74) is 3.32. The molecule has 0 saturated heterocycles. The summed E-state index contributed by atoms with van der Waals surface area (Å²) in [4.78, 5) is 2.45. The van der Waals surface area contributed by atoms with Crippen LogP contribution in [0.25, 0.3) is 0 Å². The monoisotopic (exact) mass is 274 g/mol. The number of benzene rings is 1. The van der Waals surface area contributed by atoms with E-state index in [9.17, 15) is 5.11 Å². The lowest BCUT2D eigenvalue weighted by atomic mass is 9.81. The molecule has 2 rings (SSSR count). The summed E-state index contributed by atoms with van der Waals surface area (Å²) in [5.74, 6) is 0. The Hall–Kier alpha value is -1.12. The van der Waals surface area contributed by atoms with Crippen LogP contribution < -0.4 is 0 Å². The average Bonchev–Trinajstić information content (AvgIpc) is 2.66. The Morgan fingerprint density at radius 1 is 1.05 bits per heavy atom. The maximum absolute atomic E-state index is 10.7. The zero-order valence-corrected chi connectivity index (χ0v) is 13.1. The second-order valence-electron chi connectivity index (χ2n) is 6.11. The minimum absolute atomic E-state index is 0.0382. The van der Waals surface area contributed by atoms with Crippen molar-refractivity contribution < 1.29 is 5.11 Å². The summed E-state index contributed by atoms with van der Waals surface area (Å²) >= 11 is 1.75. The molecular formula is C17H22OS. The Kier molecular flexibility index (Phi) is 3.84. The fourth-order valence-corrected chi connectivity index (χ4v) is 3.47. The van der Waals surface area contributed by atoms with E-state index >= 15 is 0 Å². The molecule has 0 bridgehead atoms. The zero-order chi connectivity index (χ0) is 14.2. The SMILES string of the molecule is Cc1cc(C(O)c2ccccc2C(C)(C)C)c(C)s1. The fourth-order valence-electron chi connectivity index (χ4n) is 2.51. The van der Waals surface area contributed by atoms with Crippen molar-refractivity contribution in [2.75, 3.05) is 0 Å². The van der Waals surface area contributed by atoms with Crippen LogP contribution in [0, 0.1) is 13.8 Å². The first-order valence-corrected chi connectivity index (χ1v) is 7.46. The lowest BCUT2D eigenvalue weighted by Gasteiger charge is -2.25. The normalized spacial score (nSPS) is 13.6. The number of aliphatic hydroxyl groups is 1. The molecule has 2 heteroatoms.